The maximum Gasteiger partial charge on any atom is 0.146 e. The molecule has 0 aliphatic carbocycles. The Balaban J connectivity index is 1.000. The molecule has 1 aliphatic rings. The molecule has 0 atom stereocenters. The predicted molar refractivity (Wildman–Crippen MR) is 247 cm³/mol. The lowest BCUT2D eigenvalue weighted by Gasteiger charge is -2.23. The second kappa shape index (κ2) is 12.9. The molecule has 0 radical (unpaired) electrons. The SMILES string of the molecule is Cc1cc(C)cc(N2CN(c3cccc(Oc4ccc5c6ccccc6n(-c6nc7ccc8ccccc8c7c7c6ccc6ccccc67)c5c4)c3)c3ccccc32)c1. The second-order valence-electron chi connectivity index (χ2n) is 15.8. The Bertz CT molecular complexity index is 3490. The second-order valence-corrected chi connectivity index (χ2v) is 15.8. The number of fused-ring (bicyclic) bond motifs is 11. The third-order valence-corrected chi connectivity index (χ3v) is 12.0. The van der Waals surface area contributed by atoms with Gasteiger partial charge in [0.25, 0.3) is 0 Å². The molecule has 0 saturated heterocycles. The number of aryl methyl sites for hydroxylation is 2. The van der Waals surface area contributed by atoms with Gasteiger partial charge < -0.3 is 14.5 Å². The van der Waals surface area contributed by atoms with Gasteiger partial charge in [0, 0.05) is 50.4 Å². The van der Waals surface area contributed by atoms with E-state index < -0.39 is 0 Å². The van der Waals surface area contributed by atoms with Crippen molar-refractivity contribution in [2.75, 3.05) is 16.5 Å². The van der Waals surface area contributed by atoms with Gasteiger partial charge in [0.2, 0.25) is 0 Å². The highest BCUT2D eigenvalue weighted by Gasteiger charge is 2.28. The van der Waals surface area contributed by atoms with Gasteiger partial charge in [-0.25, -0.2) is 4.98 Å². The van der Waals surface area contributed by atoms with E-state index in [4.69, 9.17) is 9.72 Å². The highest BCUT2D eigenvalue weighted by atomic mass is 16.5. The van der Waals surface area contributed by atoms with E-state index in [9.17, 15) is 0 Å². The van der Waals surface area contributed by atoms with Crippen molar-refractivity contribution in [2.45, 2.75) is 13.8 Å². The molecular formula is C54H38N4O. The number of rotatable bonds is 5. The molecule has 0 spiro atoms. The van der Waals surface area contributed by atoms with Crippen molar-refractivity contribution in [3.8, 4) is 17.3 Å². The summed E-state index contributed by atoms with van der Waals surface area (Å²) in [7, 11) is 0. The molecule has 0 amide bonds. The monoisotopic (exact) mass is 758 g/mol. The third-order valence-electron chi connectivity index (χ3n) is 12.0. The van der Waals surface area contributed by atoms with Crippen LogP contribution in [0, 0.1) is 13.8 Å². The van der Waals surface area contributed by atoms with Crippen LogP contribution in [0.15, 0.2) is 182 Å². The van der Waals surface area contributed by atoms with Gasteiger partial charge in [-0.1, -0.05) is 103 Å². The minimum Gasteiger partial charge on any atom is -0.457 e. The Morgan fingerprint density at radius 2 is 1.05 bits per heavy atom. The van der Waals surface area contributed by atoms with Crippen molar-refractivity contribution in [2.24, 2.45) is 0 Å². The minimum atomic E-state index is 0.704. The summed E-state index contributed by atoms with van der Waals surface area (Å²) in [6, 6.07) is 65.2. The maximum atomic E-state index is 6.79. The number of benzene rings is 9. The van der Waals surface area contributed by atoms with E-state index in [1.165, 1.54) is 65.9 Å². The number of hydrogen-bond acceptors (Lipinski definition) is 4. The fourth-order valence-corrected chi connectivity index (χ4v) is 9.54. The summed E-state index contributed by atoms with van der Waals surface area (Å²) in [6.45, 7) is 5.03. The van der Waals surface area contributed by atoms with E-state index >= 15 is 0 Å². The lowest BCUT2D eigenvalue weighted by molar-refractivity contribution is 0.483. The van der Waals surface area contributed by atoms with Gasteiger partial charge in [0.15, 0.2) is 0 Å². The van der Waals surface area contributed by atoms with E-state index in [2.05, 4.69) is 204 Å². The number of ether oxygens (including phenoxy) is 1. The van der Waals surface area contributed by atoms with Crippen LogP contribution in [-0.4, -0.2) is 16.2 Å². The molecule has 11 aromatic rings. The molecule has 1 aliphatic heterocycles. The van der Waals surface area contributed by atoms with Crippen molar-refractivity contribution < 1.29 is 4.74 Å². The zero-order chi connectivity index (χ0) is 39.2. The molecule has 0 bridgehead atoms. The summed E-state index contributed by atoms with van der Waals surface area (Å²) >= 11 is 0. The number of nitrogens with zero attached hydrogens (tertiary/aromatic N) is 4. The molecule has 12 rings (SSSR count). The zero-order valence-electron chi connectivity index (χ0n) is 32.7. The Kier molecular flexibility index (Phi) is 7.35. The number of hydrogen-bond donors (Lipinski definition) is 0. The third kappa shape index (κ3) is 5.28. The quantitative estimate of drug-likeness (QED) is 0.164. The summed E-state index contributed by atoms with van der Waals surface area (Å²) in [5.41, 5.74) is 10.3. The molecule has 0 saturated carbocycles. The summed E-state index contributed by atoms with van der Waals surface area (Å²) in [5.74, 6) is 2.44. The van der Waals surface area contributed by atoms with E-state index in [0.29, 0.717) is 6.67 Å². The topological polar surface area (TPSA) is 33.5 Å². The van der Waals surface area contributed by atoms with Crippen LogP contribution in [0.25, 0.3) is 70.8 Å². The Hall–Kier alpha value is -7.63. The van der Waals surface area contributed by atoms with Gasteiger partial charge in [0.05, 0.1) is 27.9 Å². The zero-order valence-corrected chi connectivity index (χ0v) is 32.7. The van der Waals surface area contributed by atoms with Crippen molar-refractivity contribution in [3.05, 3.63) is 193 Å². The van der Waals surface area contributed by atoms with Crippen LogP contribution in [0.1, 0.15) is 11.1 Å². The standard InChI is InChI=1S/C54H38N4O/c1-34-28-35(2)30-39(29-34)57-33-56(49-20-9-10-21-50(49)57)38-14-11-15-40(31-38)59-41-24-26-45-44-18-7-8-19-48(44)58(51(45)32-41)54-46-25-22-36-12-3-5-16-42(36)52(46)53-43-17-6-4-13-37(43)23-27-47(53)55-54/h3-32H,33H2,1-2H3. The van der Waals surface area contributed by atoms with Gasteiger partial charge in [0.1, 0.15) is 24.0 Å². The molecule has 59 heavy (non-hydrogen) atoms. The highest BCUT2D eigenvalue weighted by Crippen LogP contribution is 2.46. The lowest BCUT2D eigenvalue weighted by atomic mass is 9.95. The van der Waals surface area contributed by atoms with Crippen LogP contribution in [0.4, 0.5) is 22.7 Å². The van der Waals surface area contributed by atoms with Gasteiger partial charge in [-0.3, -0.25) is 4.57 Å². The number of anilines is 4. The molecule has 5 nitrogen and oxygen atoms in total. The normalized spacial score (nSPS) is 12.8. The molecule has 3 heterocycles. The van der Waals surface area contributed by atoms with Gasteiger partial charge in [-0.2, -0.15) is 0 Å². The van der Waals surface area contributed by atoms with Crippen LogP contribution in [-0.2, 0) is 0 Å². The molecular weight excluding hydrogens is 721 g/mol. The first kappa shape index (κ1) is 33.5. The molecule has 0 N–H and O–H groups in total. The summed E-state index contributed by atoms with van der Waals surface area (Å²) in [5, 5.41) is 10.7. The Labute approximate surface area is 341 Å². The van der Waals surface area contributed by atoms with Crippen molar-refractivity contribution >= 4 is 87.8 Å². The Morgan fingerprint density at radius 1 is 0.441 bits per heavy atom. The first-order valence-electron chi connectivity index (χ1n) is 20.2. The van der Waals surface area contributed by atoms with E-state index in [-0.39, 0.29) is 0 Å². The number of para-hydroxylation sites is 3. The van der Waals surface area contributed by atoms with Crippen LogP contribution < -0.4 is 14.5 Å². The largest absolute Gasteiger partial charge is 0.457 e. The molecule has 0 unspecified atom stereocenters. The minimum absolute atomic E-state index is 0.704. The smallest absolute Gasteiger partial charge is 0.146 e. The molecule has 280 valence electrons. The van der Waals surface area contributed by atoms with Gasteiger partial charge in [-0.15, -0.1) is 0 Å². The highest BCUT2D eigenvalue weighted by molar-refractivity contribution is 6.28. The first-order valence-corrected chi connectivity index (χ1v) is 20.2. The average Bonchev–Trinajstić information content (AvgIpc) is 3.82. The summed E-state index contributed by atoms with van der Waals surface area (Å²) < 4.78 is 9.13. The Morgan fingerprint density at radius 3 is 1.83 bits per heavy atom. The number of pyridine rings is 1. The fourth-order valence-electron chi connectivity index (χ4n) is 9.54. The maximum absolute atomic E-state index is 6.79. The van der Waals surface area contributed by atoms with E-state index in [1.54, 1.807) is 0 Å². The molecule has 9 aromatic carbocycles. The van der Waals surface area contributed by atoms with E-state index in [0.717, 1.165) is 50.3 Å². The molecule has 2 aromatic heterocycles. The summed E-state index contributed by atoms with van der Waals surface area (Å²) in [6.07, 6.45) is 0. The predicted octanol–water partition coefficient (Wildman–Crippen LogP) is 14.4. The molecule has 0 fully saturated rings. The average molecular weight is 759 g/mol. The van der Waals surface area contributed by atoms with Crippen LogP contribution in [0.5, 0.6) is 11.5 Å². The van der Waals surface area contributed by atoms with Crippen LogP contribution in [0.3, 0.4) is 0 Å². The summed E-state index contributed by atoms with van der Waals surface area (Å²) in [4.78, 5) is 10.3. The van der Waals surface area contributed by atoms with Crippen molar-refractivity contribution in [3.63, 3.8) is 0 Å². The van der Waals surface area contributed by atoms with Crippen LogP contribution >= 0.6 is 0 Å². The lowest BCUT2D eigenvalue weighted by Crippen LogP contribution is -2.24. The molecule has 5 heteroatoms. The van der Waals surface area contributed by atoms with Gasteiger partial charge in [-0.05, 0) is 113 Å². The number of aromatic nitrogens is 2. The fraction of sp³-hybridized carbons (Fsp3) is 0.0556. The van der Waals surface area contributed by atoms with Crippen molar-refractivity contribution in [1.29, 1.82) is 0 Å². The van der Waals surface area contributed by atoms with Crippen LogP contribution in [0.2, 0.25) is 0 Å². The first-order chi connectivity index (χ1) is 29.1. The van der Waals surface area contributed by atoms with Gasteiger partial charge >= 0.3 is 0 Å². The van der Waals surface area contributed by atoms with E-state index in [1.807, 2.05) is 6.07 Å². The van der Waals surface area contributed by atoms with Crippen molar-refractivity contribution in [1.82, 2.24) is 9.55 Å².